The average Bonchev–Trinajstić information content (AvgIpc) is 2.94. The van der Waals surface area contributed by atoms with E-state index in [9.17, 15) is 18.8 Å². The van der Waals surface area contributed by atoms with Crippen molar-refractivity contribution in [3.63, 3.8) is 0 Å². The Morgan fingerprint density at radius 1 is 0.800 bits per heavy atom. The summed E-state index contributed by atoms with van der Waals surface area (Å²) >= 11 is 3.60. The van der Waals surface area contributed by atoms with E-state index in [1.54, 1.807) is 78.9 Å². The highest BCUT2D eigenvalue weighted by Gasteiger charge is 2.43. The first-order valence-electron chi connectivity index (χ1n) is 12.6. The topological polar surface area (TPSA) is 66.9 Å². The zero-order valence-corrected chi connectivity index (χ0v) is 23.1. The smallest absolute Gasteiger partial charge is 0.343 e. The molecule has 1 heterocycles. The van der Waals surface area contributed by atoms with E-state index in [1.807, 2.05) is 13.0 Å². The fourth-order valence-corrected chi connectivity index (χ4v) is 5.13. The number of nitrogens with zero attached hydrogens (tertiary/aromatic N) is 2. The molecule has 0 spiro atoms. The molecule has 200 valence electrons. The summed E-state index contributed by atoms with van der Waals surface area (Å²) in [4.78, 5) is 42.9. The van der Waals surface area contributed by atoms with Crippen molar-refractivity contribution in [3.8, 4) is 5.75 Å². The van der Waals surface area contributed by atoms with Gasteiger partial charge < -0.3 is 4.74 Å². The number of imide groups is 2. The molecular formula is C32H24BrFN2O4. The third kappa shape index (κ3) is 5.44. The lowest BCUT2D eigenvalue weighted by molar-refractivity contribution is -0.121. The van der Waals surface area contributed by atoms with Gasteiger partial charge in [0.25, 0.3) is 11.8 Å². The van der Waals surface area contributed by atoms with Gasteiger partial charge in [-0.15, -0.1) is 0 Å². The SMILES string of the molecule is CCOc1cc(C=C2C(=O)N(c3ccccc3)C(=O)N(c3ccccc3)C2=O)cc(Br)c1Cc1cccc(F)c1. The van der Waals surface area contributed by atoms with Gasteiger partial charge >= 0.3 is 6.03 Å². The van der Waals surface area contributed by atoms with Gasteiger partial charge in [-0.3, -0.25) is 9.59 Å². The molecule has 6 nitrogen and oxygen atoms in total. The molecule has 4 aromatic rings. The molecule has 5 rings (SSSR count). The average molecular weight is 599 g/mol. The Balaban J connectivity index is 1.60. The van der Waals surface area contributed by atoms with Crippen LogP contribution in [-0.4, -0.2) is 24.5 Å². The Kier molecular flexibility index (Phi) is 7.89. The summed E-state index contributed by atoms with van der Waals surface area (Å²) in [5.41, 5.74) is 2.59. The molecule has 0 aromatic heterocycles. The maximum Gasteiger partial charge on any atom is 0.343 e. The van der Waals surface area contributed by atoms with Crippen LogP contribution in [0.1, 0.15) is 23.6 Å². The van der Waals surface area contributed by atoms with Crippen LogP contribution in [0.15, 0.2) is 107 Å². The molecule has 0 saturated carbocycles. The number of ether oxygens (including phenoxy) is 1. The summed E-state index contributed by atoms with van der Waals surface area (Å²) in [5, 5.41) is 0. The fourth-order valence-electron chi connectivity index (χ4n) is 4.53. The predicted octanol–water partition coefficient (Wildman–Crippen LogP) is 7.16. The quantitative estimate of drug-likeness (QED) is 0.167. The molecule has 0 radical (unpaired) electrons. The zero-order valence-electron chi connectivity index (χ0n) is 21.5. The molecule has 40 heavy (non-hydrogen) atoms. The second-order valence-electron chi connectivity index (χ2n) is 9.01. The summed E-state index contributed by atoms with van der Waals surface area (Å²) in [7, 11) is 0. The van der Waals surface area contributed by atoms with Crippen molar-refractivity contribution < 1.29 is 23.5 Å². The number of halogens is 2. The first kappa shape index (κ1) is 27.0. The van der Waals surface area contributed by atoms with E-state index in [4.69, 9.17) is 4.74 Å². The number of rotatable bonds is 7. The number of barbiturate groups is 1. The van der Waals surface area contributed by atoms with Gasteiger partial charge in [0.15, 0.2) is 0 Å². The van der Waals surface area contributed by atoms with E-state index >= 15 is 0 Å². The lowest BCUT2D eigenvalue weighted by atomic mass is 10.00. The van der Waals surface area contributed by atoms with Crippen molar-refractivity contribution >= 4 is 51.2 Å². The molecule has 1 saturated heterocycles. The van der Waals surface area contributed by atoms with Crippen LogP contribution in [0, 0.1) is 5.82 Å². The van der Waals surface area contributed by atoms with Crippen LogP contribution in [0.2, 0.25) is 0 Å². The summed E-state index contributed by atoms with van der Waals surface area (Å²) in [6.07, 6.45) is 1.86. The Bertz CT molecular complexity index is 1560. The zero-order chi connectivity index (χ0) is 28.2. The first-order chi connectivity index (χ1) is 19.4. The van der Waals surface area contributed by atoms with Gasteiger partial charge in [0.05, 0.1) is 18.0 Å². The Hall–Kier alpha value is -4.56. The molecule has 1 fully saturated rings. The molecule has 8 heteroatoms. The fraction of sp³-hybridized carbons (Fsp3) is 0.0938. The van der Waals surface area contributed by atoms with Crippen LogP contribution in [0.25, 0.3) is 6.08 Å². The number of urea groups is 1. The van der Waals surface area contributed by atoms with Gasteiger partial charge in [-0.05, 0) is 72.7 Å². The van der Waals surface area contributed by atoms with E-state index in [0.717, 1.165) is 20.9 Å². The number of anilines is 2. The summed E-state index contributed by atoms with van der Waals surface area (Å²) in [6.45, 7) is 2.22. The molecule has 1 aliphatic heterocycles. The van der Waals surface area contributed by atoms with E-state index in [2.05, 4.69) is 15.9 Å². The normalized spacial score (nSPS) is 13.6. The highest BCUT2D eigenvalue weighted by atomic mass is 79.9. The van der Waals surface area contributed by atoms with Gasteiger partial charge in [-0.25, -0.2) is 19.0 Å². The maximum atomic E-state index is 13.8. The largest absolute Gasteiger partial charge is 0.494 e. The van der Waals surface area contributed by atoms with Crippen molar-refractivity contribution in [2.45, 2.75) is 13.3 Å². The summed E-state index contributed by atoms with van der Waals surface area (Å²) in [6, 6.07) is 26.0. The van der Waals surface area contributed by atoms with E-state index in [0.29, 0.717) is 40.2 Å². The van der Waals surface area contributed by atoms with Crippen molar-refractivity contribution in [1.82, 2.24) is 0 Å². The lowest BCUT2D eigenvalue weighted by Gasteiger charge is -2.34. The van der Waals surface area contributed by atoms with Crippen molar-refractivity contribution in [2.24, 2.45) is 0 Å². The Labute approximate surface area is 239 Å². The minimum absolute atomic E-state index is 0.181. The van der Waals surface area contributed by atoms with Gasteiger partial charge in [-0.2, -0.15) is 0 Å². The Morgan fingerprint density at radius 3 is 1.95 bits per heavy atom. The van der Waals surface area contributed by atoms with Crippen molar-refractivity contribution in [2.75, 3.05) is 16.4 Å². The summed E-state index contributed by atoms with van der Waals surface area (Å²) in [5.74, 6) is -1.26. The molecule has 0 aliphatic carbocycles. The number of carbonyl (C=O) groups excluding carboxylic acids is 3. The minimum atomic E-state index is -0.758. The van der Waals surface area contributed by atoms with Crippen LogP contribution in [0.4, 0.5) is 20.6 Å². The molecule has 0 N–H and O–H groups in total. The molecule has 4 aromatic carbocycles. The number of hydrogen-bond acceptors (Lipinski definition) is 4. The van der Waals surface area contributed by atoms with Gasteiger partial charge in [0.1, 0.15) is 17.1 Å². The number of benzene rings is 4. The molecular weight excluding hydrogens is 575 g/mol. The molecule has 0 unspecified atom stereocenters. The van der Waals surface area contributed by atoms with Crippen molar-refractivity contribution in [1.29, 1.82) is 0 Å². The highest BCUT2D eigenvalue weighted by Crippen LogP contribution is 2.34. The van der Waals surface area contributed by atoms with Gasteiger partial charge in [-0.1, -0.05) is 64.5 Å². The van der Waals surface area contributed by atoms with Crippen LogP contribution in [0.3, 0.4) is 0 Å². The number of carbonyl (C=O) groups is 3. The van der Waals surface area contributed by atoms with Gasteiger partial charge in [0, 0.05) is 16.5 Å². The molecule has 0 atom stereocenters. The Morgan fingerprint density at radius 2 is 1.40 bits per heavy atom. The number of amides is 4. The van der Waals surface area contributed by atoms with E-state index in [1.165, 1.54) is 18.2 Å². The van der Waals surface area contributed by atoms with E-state index in [-0.39, 0.29) is 11.4 Å². The first-order valence-corrected chi connectivity index (χ1v) is 13.4. The maximum absolute atomic E-state index is 13.8. The van der Waals surface area contributed by atoms with Gasteiger partial charge in [0.2, 0.25) is 0 Å². The molecule has 1 aliphatic rings. The third-order valence-corrected chi connectivity index (χ3v) is 7.04. The van der Waals surface area contributed by atoms with E-state index < -0.39 is 17.8 Å². The number of hydrogen-bond donors (Lipinski definition) is 0. The highest BCUT2D eigenvalue weighted by molar-refractivity contribution is 9.10. The second kappa shape index (κ2) is 11.7. The third-order valence-electron chi connectivity index (χ3n) is 6.34. The van der Waals surface area contributed by atoms with Crippen LogP contribution >= 0.6 is 15.9 Å². The van der Waals surface area contributed by atoms with Crippen molar-refractivity contribution in [3.05, 3.63) is 130 Å². The van der Waals surface area contributed by atoms with Crippen LogP contribution in [-0.2, 0) is 16.0 Å². The van der Waals surface area contributed by atoms with Crippen LogP contribution in [0.5, 0.6) is 5.75 Å². The standard InChI is InChI=1S/C32H24BrFN2O4/c1-2-40-29-20-22(19-28(33)26(29)17-21-10-9-11-23(34)16-21)18-27-30(37)35(24-12-5-3-6-13-24)32(39)36(31(27)38)25-14-7-4-8-15-25/h3-16,18-20H,2,17H2,1H3. The molecule has 0 bridgehead atoms. The minimum Gasteiger partial charge on any atom is -0.494 e. The lowest BCUT2D eigenvalue weighted by Crippen LogP contribution is -2.57. The summed E-state index contributed by atoms with van der Waals surface area (Å²) < 4.78 is 20.4. The second-order valence-corrected chi connectivity index (χ2v) is 9.87. The molecule has 4 amide bonds. The monoisotopic (exact) mass is 598 g/mol. The van der Waals surface area contributed by atoms with Crippen LogP contribution < -0.4 is 14.5 Å². The number of para-hydroxylation sites is 2. The predicted molar refractivity (Wildman–Crippen MR) is 156 cm³/mol.